The summed E-state index contributed by atoms with van der Waals surface area (Å²) < 4.78 is 66.3. The Morgan fingerprint density at radius 2 is 1.95 bits per heavy atom. The highest BCUT2D eigenvalue weighted by Crippen LogP contribution is 2.31. The van der Waals surface area contributed by atoms with E-state index in [0.29, 0.717) is 12.0 Å². The van der Waals surface area contributed by atoms with Gasteiger partial charge in [-0.15, -0.1) is 0 Å². The van der Waals surface area contributed by atoms with Crippen molar-refractivity contribution in [3.63, 3.8) is 0 Å². The monoisotopic (exact) mass is 297 g/mol. The maximum Gasteiger partial charge on any atom is 0.416 e. The lowest BCUT2D eigenvalue weighted by molar-refractivity contribution is -0.137. The fourth-order valence-electron chi connectivity index (χ4n) is 1.78. The molecule has 20 heavy (non-hydrogen) atoms. The molecule has 0 aliphatic heterocycles. The van der Waals surface area contributed by atoms with Crippen LogP contribution in [0.3, 0.4) is 0 Å². The molecule has 0 fully saturated rings. The van der Waals surface area contributed by atoms with Crippen molar-refractivity contribution in [1.82, 2.24) is 5.32 Å². The third-order valence-electron chi connectivity index (χ3n) is 2.76. The van der Waals surface area contributed by atoms with Gasteiger partial charge in [0.15, 0.2) is 0 Å². The normalized spacial score (nSPS) is 13.8. The third-order valence-corrected chi connectivity index (χ3v) is 2.76. The van der Waals surface area contributed by atoms with Crippen molar-refractivity contribution in [2.24, 2.45) is 0 Å². The molecule has 7 heteroatoms. The molecule has 1 atom stereocenters. The van der Waals surface area contributed by atoms with Crippen LogP contribution in [-0.4, -0.2) is 26.7 Å². The zero-order chi connectivity index (χ0) is 15.2. The van der Waals surface area contributed by atoms with Crippen molar-refractivity contribution in [3.05, 3.63) is 35.4 Å². The summed E-state index contributed by atoms with van der Waals surface area (Å²) >= 11 is 0. The average Bonchev–Trinajstić information content (AvgIpc) is 2.38. The molecule has 0 saturated carbocycles. The van der Waals surface area contributed by atoms with Crippen molar-refractivity contribution in [3.8, 4) is 0 Å². The maximum absolute atomic E-state index is 12.6. The van der Waals surface area contributed by atoms with Crippen molar-refractivity contribution < 1.29 is 26.7 Å². The van der Waals surface area contributed by atoms with Gasteiger partial charge in [-0.2, -0.15) is 13.2 Å². The quantitative estimate of drug-likeness (QED) is 0.613. The molecular formula is C13H16F5NO. The van der Waals surface area contributed by atoms with Crippen LogP contribution in [0.1, 0.15) is 23.6 Å². The lowest BCUT2D eigenvalue weighted by Crippen LogP contribution is -2.20. The smallest absolute Gasteiger partial charge is 0.375 e. The van der Waals surface area contributed by atoms with Gasteiger partial charge in [-0.25, -0.2) is 8.78 Å². The Labute approximate surface area is 113 Å². The van der Waals surface area contributed by atoms with Crippen LogP contribution in [0.2, 0.25) is 0 Å². The van der Waals surface area contributed by atoms with Crippen LogP contribution < -0.4 is 5.32 Å². The van der Waals surface area contributed by atoms with Crippen molar-refractivity contribution in [2.75, 3.05) is 20.3 Å². The van der Waals surface area contributed by atoms with E-state index in [1.807, 2.05) is 0 Å². The van der Waals surface area contributed by atoms with E-state index in [1.165, 1.54) is 6.07 Å². The first-order valence-electron chi connectivity index (χ1n) is 6.05. The van der Waals surface area contributed by atoms with E-state index >= 15 is 0 Å². The third kappa shape index (κ3) is 5.42. The van der Waals surface area contributed by atoms with Crippen LogP contribution in [0.4, 0.5) is 22.0 Å². The molecule has 1 rings (SSSR count). The summed E-state index contributed by atoms with van der Waals surface area (Å²) in [5.74, 6) is 0. The van der Waals surface area contributed by atoms with Gasteiger partial charge in [0.05, 0.1) is 5.56 Å². The van der Waals surface area contributed by atoms with Crippen LogP contribution in [0.25, 0.3) is 0 Å². The van der Waals surface area contributed by atoms with Gasteiger partial charge < -0.3 is 10.1 Å². The van der Waals surface area contributed by atoms with Crippen molar-refractivity contribution in [1.29, 1.82) is 0 Å². The number of rotatable bonds is 7. The van der Waals surface area contributed by atoms with Gasteiger partial charge >= 0.3 is 6.18 Å². The molecule has 0 amide bonds. The zero-order valence-corrected chi connectivity index (χ0v) is 10.9. The zero-order valence-electron chi connectivity index (χ0n) is 10.9. The van der Waals surface area contributed by atoms with E-state index < -0.39 is 24.8 Å². The molecule has 0 heterocycles. The minimum atomic E-state index is -4.40. The van der Waals surface area contributed by atoms with Crippen LogP contribution in [0, 0.1) is 0 Å². The van der Waals surface area contributed by atoms with Gasteiger partial charge in [0.2, 0.25) is 0 Å². The molecule has 0 bridgehead atoms. The first-order chi connectivity index (χ1) is 9.34. The molecule has 0 spiro atoms. The molecule has 0 radical (unpaired) electrons. The highest BCUT2D eigenvalue weighted by atomic mass is 19.4. The summed E-state index contributed by atoms with van der Waals surface area (Å²) in [5, 5.41) is 2.85. The number of hydrogen-bond acceptors (Lipinski definition) is 2. The largest absolute Gasteiger partial charge is 0.416 e. The second-order valence-corrected chi connectivity index (χ2v) is 4.22. The molecule has 114 valence electrons. The molecular weight excluding hydrogens is 281 g/mol. The summed E-state index contributed by atoms with van der Waals surface area (Å²) in [7, 11) is 1.60. The Kier molecular flexibility index (Phi) is 6.35. The lowest BCUT2D eigenvalue weighted by atomic mass is 10.0. The second-order valence-electron chi connectivity index (χ2n) is 4.22. The number of ether oxygens (including phenoxy) is 1. The van der Waals surface area contributed by atoms with Crippen molar-refractivity contribution in [2.45, 2.75) is 25.1 Å². The fourth-order valence-corrected chi connectivity index (χ4v) is 1.78. The van der Waals surface area contributed by atoms with E-state index in [-0.39, 0.29) is 12.6 Å². The second kappa shape index (κ2) is 7.54. The Morgan fingerprint density at radius 3 is 2.50 bits per heavy atom. The van der Waals surface area contributed by atoms with Crippen molar-refractivity contribution >= 4 is 0 Å². The molecule has 0 saturated heterocycles. The first-order valence-corrected chi connectivity index (χ1v) is 6.05. The Morgan fingerprint density at radius 1 is 1.25 bits per heavy atom. The molecule has 0 aliphatic carbocycles. The summed E-state index contributed by atoms with van der Waals surface area (Å²) in [6, 6.07) is 4.54. The summed E-state index contributed by atoms with van der Waals surface area (Å²) in [4.78, 5) is 0. The van der Waals surface area contributed by atoms with E-state index in [0.717, 1.165) is 12.1 Å². The van der Waals surface area contributed by atoms with Gasteiger partial charge in [-0.05, 0) is 31.2 Å². The predicted molar refractivity (Wildman–Crippen MR) is 64.7 cm³/mol. The molecule has 1 N–H and O–H groups in total. The van der Waals surface area contributed by atoms with E-state index in [4.69, 9.17) is 4.74 Å². The minimum Gasteiger partial charge on any atom is -0.375 e. The molecule has 2 nitrogen and oxygen atoms in total. The van der Waals surface area contributed by atoms with E-state index in [2.05, 4.69) is 5.32 Å². The van der Waals surface area contributed by atoms with Gasteiger partial charge in [0.1, 0.15) is 6.61 Å². The van der Waals surface area contributed by atoms with E-state index in [1.54, 1.807) is 13.1 Å². The van der Waals surface area contributed by atoms with Crippen LogP contribution >= 0.6 is 0 Å². The number of nitrogens with one attached hydrogen (secondary N) is 1. The molecule has 0 aromatic heterocycles. The topological polar surface area (TPSA) is 21.3 Å². The molecule has 1 aromatic rings. The predicted octanol–water partition coefficient (Wildman–Crippen LogP) is 3.64. The Balaban J connectivity index is 2.65. The van der Waals surface area contributed by atoms with Crippen LogP contribution in [0.5, 0.6) is 0 Å². The SMILES string of the molecule is CNC(CCOCC(F)F)c1cccc(C(F)(F)F)c1. The van der Waals surface area contributed by atoms with Gasteiger partial charge in [-0.1, -0.05) is 12.1 Å². The highest BCUT2D eigenvalue weighted by Gasteiger charge is 2.30. The van der Waals surface area contributed by atoms with Crippen LogP contribution in [0.15, 0.2) is 24.3 Å². The molecule has 1 unspecified atom stereocenters. The number of alkyl halides is 5. The number of hydrogen-bond donors (Lipinski definition) is 1. The summed E-state index contributed by atoms with van der Waals surface area (Å²) in [6.07, 6.45) is -6.64. The minimum absolute atomic E-state index is 0.0477. The Hall–Kier alpha value is -1.21. The van der Waals surface area contributed by atoms with Crippen LogP contribution in [-0.2, 0) is 10.9 Å². The summed E-state index contributed by atoms with van der Waals surface area (Å²) in [6.45, 7) is -0.620. The van der Waals surface area contributed by atoms with Gasteiger partial charge in [-0.3, -0.25) is 0 Å². The molecule has 0 aliphatic rings. The number of halogens is 5. The van der Waals surface area contributed by atoms with Gasteiger partial charge in [0.25, 0.3) is 6.43 Å². The lowest BCUT2D eigenvalue weighted by Gasteiger charge is -2.18. The number of benzene rings is 1. The highest BCUT2D eigenvalue weighted by molar-refractivity contribution is 5.28. The maximum atomic E-state index is 12.6. The van der Waals surface area contributed by atoms with Gasteiger partial charge in [0, 0.05) is 12.6 Å². The first kappa shape index (κ1) is 16.8. The summed E-state index contributed by atoms with van der Waals surface area (Å²) in [5.41, 5.74) is -0.285. The standard InChI is InChI=1S/C13H16F5NO/c1-19-11(5-6-20-8-12(14)15)9-3-2-4-10(7-9)13(16,17)18/h2-4,7,11-12,19H,5-6,8H2,1H3. The van der Waals surface area contributed by atoms with E-state index in [9.17, 15) is 22.0 Å². The Bertz CT molecular complexity index is 408. The molecule has 1 aromatic carbocycles. The average molecular weight is 297 g/mol. The fraction of sp³-hybridized carbons (Fsp3) is 0.538.